The van der Waals surface area contributed by atoms with Crippen LogP contribution < -0.4 is 5.73 Å². The summed E-state index contributed by atoms with van der Waals surface area (Å²) in [4.78, 5) is 0. The van der Waals surface area contributed by atoms with E-state index in [-0.39, 0.29) is 6.04 Å². The Kier molecular flexibility index (Phi) is 3.98. The van der Waals surface area contributed by atoms with Crippen LogP contribution in [0, 0.1) is 27.7 Å². The molecule has 19 heavy (non-hydrogen) atoms. The minimum absolute atomic E-state index is 0.128. The van der Waals surface area contributed by atoms with E-state index < -0.39 is 0 Å². The van der Waals surface area contributed by atoms with Gasteiger partial charge in [-0.15, -0.1) is 0 Å². The first-order chi connectivity index (χ1) is 8.91. The maximum atomic E-state index is 6.47. The van der Waals surface area contributed by atoms with Crippen LogP contribution in [0.4, 0.5) is 0 Å². The lowest BCUT2D eigenvalue weighted by Crippen LogP contribution is -2.16. The van der Waals surface area contributed by atoms with Crippen molar-refractivity contribution in [3.63, 3.8) is 0 Å². The molecule has 2 aromatic rings. The third-order valence-corrected chi connectivity index (χ3v) is 4.18. The van der Waals surface area contributed by atoms with Crippen LogP contribution >= 0.6 is 11.6 Å². The lowest BCUT2D eigenvalue weighted by atomic mass is 9.87. The van der Waals surface area contributed by atoms with Crippen LogP contribution in [0.1, 0.15) is 39.4 Å². The van der Waals surface area contributed by atoms with E-state index in [0.717, 1.165) is 10.6 Å². The van der Waals surface area contributed by atoms with Gasteiger partial charge >= 0.3 is 0 Å². The standard InChI is InChI=1S/C17H20ClN/c1-10-8-11(2)13(4)16(12(10)3)17(19)14-6-5-7-15(18)9-14/h5-9,17H,19H2,1-4H3. The number of benzene rings is 2. The summed E-state index contributed by atoms with van der Waals surface area (Å²) < 4.78 is 0. The molecule has 0 fully saturated rings. The van der Waals surface area contributed by atoms with E-state index in [9.17, 15) is 0 Å². The highest BCUT2D eigenvalue weighted by atomic mass is 35.5. The summed E-state index contributed by atoms with van der Waals surface area (Å²) in [6, 6.07) is 9.90. The molecule has 1 atom stereocenters. The molecule has 100 valence electrons. The van der Waals surface area contributed by atoms with Gasteiger partial charge < -0.3 is 5.73 Å². The molecule has 1 unspecified atom stereocenters. The van der Waals surface area contributed by atoms with Crippen molar-refractivity contribution in [3.05, 3.63) is 68.7 Å². The molecular weight excluding hydrogens is 254 g/mol. The van der Waals surface area contributed by atoms with Gasteiger partial charge in [-0.1, -0.05) is 29.8 Å². The van der Waals surface area contributed by atoms with Crippen LogP contribution in [0.2, 0.25) is 5.02 Å². The molecule has 1 nitrogen and oxygen atoms in total. The number of hydrogen-bond acceptors (Lipinski definition) is 1. The highest BCUT2D eigenvalue weighted by Gasteiger charge is 2.17. The quantitative estimate of drug-likeness (QED) is 0.849. The van der Waals surface area contributed by atoms with Crippen LogP contribution in [0.25, 0.3) is 0 Å². The summed E-state index contributed by atoms with van der Waals surface area (Å²) in [5.74, 6) is 0. The van der Waals surface area contributed by atoms with Crippen molar-refractivity contribution in [2.75, 3.05) is 0 Å². The predicted octanol–water partition coefficient (Wildman–Crippen LogP) is 4.62. The SMILES string of the molecule is Cc1cc(C)c(C)c(C(N)c2cccc(Cl)c2)c1C. The highest BCUT2D eigenvalue weighted by molar-refractivity contribution is 6.30. The molecule has 2 rings (SSSR count). The molecule has 0 aliphatic heterocycles. The molecule has 0 heterocycles. The topological polar surface area (TPSA) is 26.0 Å². The third kappa shape index (κ3) is 2.68. The average Bonchev–Trinajstić information content (AvgIpc) is 2.36. The van der Waals surface area contributed by atoms with Crippen molar-refractivity contribution in [1.29, 1.82) is 0 Å². The molecule has 2 aromatic carbocycles. The molecule has 0 saturated carbocycles. The zero-order valence-corrected chi connectivity index (χ0v) is 12.7. The second-order valence-electron chi connectivity index (χ2n) is 5.21. The molecule has 0 aromatic heterocycles. The maximum Gasteiger partial charge on any atom is 0.0557 e. The molecule has 2 N–H and O–H groups in total. The summed E-state index contributed by atoms with van der Waals surface area (Å²) in [7, 11) is 0. The van der Waals surface area contributed by atoms with E-state index in [2.05, 4.69) is 33.8 Å². The van der Waals surface area contributed by atoms with Gasteiger partial charge in [0.25, 0.3) is 0 Å². The Morgan fingerprint density at radius 3 is 2.05 bits per heavy atom. The summed E-state index contributed by atoms with van der Waals surface area (Å²) in [5.41, 5.74) is 13.9. The van der Waals surface area contributed by atoms with Gasteiger partial charge in [0.15, 0.2) is 0 Å². The van der Waals surface area contributed by atoms with Gasteiger partial charge in [-0.3, -0.25) is 0 Å². The summed E-state index contributed by atoms with van der Waals surface area (Å²) in [5, 5.41) is 0.729. The monoisotopic (exact) mass is 273 g/mol. The third-order valence-electron chi connectivity index (χ3n) is 3.94. The van der Waals surface area contributed by atoms with Gasteiger partial charge in [0, 0.05) is 5.02 Å². The lowest BCUT2D eigenvalue weighted by Gasteiger charge is -2.21. The Morgan fingerprint density at radius 1 is 0.947 bits per heavy atom. The van der Waals surface area contributed by atoms with Crippen LogP contribution in [-0.4, -0.2) is 0 Å². The second kappa shape index (κ2) is 5.36. The Morgan fingerprint density at radius 2 is 1.53 bits per heavy atom. The molecule has 0 saturated heterocycles. The Hall–Kier alpha value is -1.31. The van der Waals surface area contributed by atoms with Gasteiger partial charge in [0.05, 0.1) is 6.04 Å². The smallest absolute Gasteiger partial charge is 0.0557 e. The fourth-order valence-electron chi connectivity index (χ4n) is 2.58. The molecule has 0 radical (unpaired) electrons. The normalized spacial score (nSPS) is 12.5. The summed E-state index contributed by atoms with van der Waals surface area (Å²) in [6.07, 6.45) is 0. The van der Waals surface area contributed by atoms with Gasteiger partial charge in [-0.05, 0) is 73.2 Å². The van der Waals surface area contributed by atoms with Crippen molar-refractivity contribution < 1.29 is 0 Å². The summed E-state index contributed by atoms with van der Waals surface area (Å²) in [6.45, 7) is 8.55. The fraction of sp³-hybridized carbons (Fsp3) is 0.294. The number of aryl methyl sites for hydroxylation is 2. The van der Waals surface area contributed by atoms with E-state index in [1.54, 1.807) is 0 Å². The number of nitrogens with two attached hydrogens (primary N) is 1. The van der Waals surface area contributed by atoms with E-state index in [1.165, 1.54) is 27.8 Å². The highest BCUT2D eigenvalue weighted by Crippen LogP contribution is 2.30. The van der Waals surface area contributed by atoms with Gasteiger partial charge in [-0.25, -0.2) is 0 Å². The van der Waals surface area contributed by atoms with Crippen LogP contribution in [-0.2, 0) is 0 Å². The van der Waals surface area contributed by atoms with Crippen LogP contribution in [0.15, 0.2) is 30.3 Å². The molecule has 0 aliphatic carbocycles. The van der Waals surface area contributed by atoms with E-state index in [4.69, 9.17) is 17.3 Å². The van der Waals surface area contributed by atoms with Crippen LogP contribution in [0.3, 0.4) is 0 Å². The summed E-state index contributed by atoms with van der Waals surface area (Å²) >= 11 is 6.06. The average molecular weight is 274 g/mol. The minimum atomic E-state index is -0.128. The van der Waals surface area contributed by atoms with Crippen molar-refractivity contribution in [2.24, 2.45) is 5.73 Å². The van der Waals surface area contributed by atoms with Gasteiger partial charge in [0.2, 0.25) is 0 Å². The van der Waals surface area contributed by atoms with Crippen molar-refractivity contribution in [3.8, 4) is 0 Å². The largest absolute Gasteiger partial charge is 0.320 e. The van der Waals surface area contributed by atoms with Crippen molar-refractivity contribution in [2.45, 2.75) is 33.7 Å². The molecular formula is C17H20ClN. The molecule has 0 spiro atoms. The lowest BCUT2D eigenvalue weighted by molar-refractivity contribution is 0.845. The maximum absolute atomic E-state index is 6.47. The second-order valence-corrected chi connectivity index (χ2v) is 5.64. The molecule has 0 bridgehead atoms. The first kappa shape index (κ1) is 14.1. The van der Waals surface area contributed by atoms with E-state index in [1.807, 2.05) is 24.3 Å². The minimum Gasteiger partial charge on any atom is -0.320 e. The molecule has 2 heteroatoms. The van der Waals surface area contributed by atoms with Crippen LogP contribution in [0.5, 0.6) is 0 Å². The number of halogens is 1. The van der Waals surface area contributed by atoms with E-state index >= 15 is 0 Å². The Labute approximate surface area is 120 Å². The first-order valence-electron chi connectivity index (χ1n) is 6.50. The van der Waals surface area contributed by atoms with Crippen molar-refractivity contribution in [1.82, 2.24) is 0 Å². The first-order valence-corrected chi connectivity index (χ1v) is 6.88. The Balaban J connectivity index is 2.59. The van der Waals surface area contributed by atoms with Crippen molar-refractivity contribution >= 4 is 11.6 Å². The van der Waals surface area contributed by atoms with Gasteiger partial charge in [0.1, 0.15) is 0 Å². The number of hydrogen-bond donors (Lipinski definition) is 1. The zero-order chi connectivity index (χ0) is 14.2. The Bertz CT molecular complexity index is 591. The fourth-order valence-corrected chi connectivity index (χ4v) is 2.78. The molecule has 0 amide bonds. The number of rotatable bonds is 2. The molecule has 0 aliphatic rings. The zero-order valence-electron chi connectivity index (χ0n) is 11.9. The van der Waals surface area contributed by atoms with E-state index in [0.29, 0.717) is 0 Å². The van der Waals surface area contributed by atoms with Gasteiger partial charge in [-0.2, -0.15) is 0 Å². The predicted molar refractivity (Wildman–Crippen MR) is 82.9 cm³/mol.